The fourth-order valence-electron chi connectivity index (χ4n) is 2.93. The zero-order chi connectivity index (χ0) is 19.4. The Kier molecular flexibility index (Phi) is 5.45. The van der Waals surface area contributed by atoms with Crippen molar-refractivity contribution in [3.05, 3.63) is 59.3 Å². The van der Waals surface area contributed by atoms with Gasteiger partial charge in [-0.1, -0.05) is 18.2 Å². The SMILES string of the molecule is COC(=O)c1c(COc2cc(OC)cc(OC)c2)nc2ccccc2c1C. The highest BCUT2D eigenvalue weighted by Crippen LogP contribution is 2.29. The van der Waals surface area contributed by atoms with Crippen LogP contribution >= 0.6 is 0 Å². The van der Waals surface area contributed by atoms with Gasteiger partial charge in [0.15, 0.2) is 0 Å². The summed E-state index contributed by atoms with van der Waals surface area (Å²) in [4.78, 5) is 17.0. The standard InChI is InChI=1S/C21H21NO5/c1-13-17-7-5-6-8-18(17)22-19(20(13)21(23)26-4)12-27-16-10-14(24-2)9-15(11-16)25-3/h5-11H,12H2,1-4H3. The van der Waals surface area contributed by atoms with Gasteiger partial charge >= 0.3 is 5.97 Å². The molecule has 3 aromatic rings. The van der Waals surface area contributed by atoms with Crippen LogP contribution in [-0.2, 0) is 11.3 Å². The van der Waals surface area contributed by atoms with Crippen LogP contribution in [0.1, 0.15) is 21.6 Å². The molecule has 0 bridgehead atoms. The van der Waals surface area contributed by atoms with Gasteiger partial charge in [-0.25, -0.2) is 9.78 Å². The first-order valence-corrected chi connectivity index (χ1v) is 8.39. The average Bonchev–Trinajstić information content (AvgIpc) is 2.71. The van der Waals surface area contributed by atoms with Gasteiger partial charge in [-0.3, -0.25) is 0 Å². The van der Waals surface area contributed by atoms with E-state index in [1.807, 2.05) is 31.2 Å². The van der Waals surface area contributed by atoms with E-state index in [1.54, 1.807) is 32.4 Å². The molecule has 0 N–H and O–H groups in total. The summed E-state index contributed by atoms with van der Waals surface area (Å²) in [5, 5.41) is 0.907. The molecule has 0 saturated heterocycles. The van der Waals surface area contributed by atoms with E-state index in [4.69, 9.17) is 18.9 Å². The second-order valence-corrected chi connectivity index (χ2v) is 5.90. The highest BCUT2D eigenvalue weighted by Gasteiger charge is 2.20. The van der Waals surface area contributed by atoms with Crippen molar-refractivity contribution >= 4 is 16.9 Å². The van der Waals surface area contributed by atoms with Crippen LogP contribution in [0.5, 0.6) is 17.2 Å². The molecule has 0 spiro atoms. The fraction of sp³-hybridized carbons (Fsp3) is 0.238. The second-order valence-electron chi connectivity index (χ2n) is 5.90. The van der Waals surface area contributed by atoms with Gasteiger partial charge in [0.1, 0.15) is 23.9 Å². The van der Waals surface area contributed by atoms with E-state index < -0.39 is 5.97 Å². The molecule has 140 valence electrons. The van der Waals surface area contributed by atoms with Crippen molar-refractivity contribution in [2.45, 2.75) is 13.5 Å². The van der Waals surface area contributed by atoms with Gasteiger partial charge in [0.2, 0.25) is 0 Å². The Labute approximate surface area is 157 Å². The number of methoxy groups -OCH3 is 3. The van der Waals surface area contributed by atoms with Crippen LogP contribution in [0.15, 0.2) is 42.5 Å². The number of ether oxygens (including phenoxy) is 4. The van der Waals surface area contributed by atoms with E-state index in [-0.39, 0.29) is 6.61 Å². The maximum Gasteiger partial charge on any atom is 0.340 e. The number of carbonyl (C=O) groups excluding carboxylic acids is 1. The lowest BCUT2D eigenvalue weighted by molar-refractivity contribution is 0.0596. The lowest BCUT2D eigenvalue weighted by Crippen LogP contribution is -2.13. The lowest BCUT2D eigenvalue weighted by Gasteiger charge is -2.15. The molecule has 0 saturated carbocycles. The molecule has 3 rings (SSSR count). The number of fused-ring (bicyclic) bond motifs is 1. The second kappa shape index (κ2) is 7.95. The lowest BCUT2D eigenvalue weighted by atomic mass is 10.0. The van der Waals surface area contributed by atoms with Crippen LogP contribution < -0.4 is 14.2 Å². The van der Waals surface area contributed by atoms with Crippen molar-refractivity contribution in [3.63, 3.8) is 0 Å². The maximum absolute atomic E-state index is 12.4. The Bertz CT molecular complexity index is 961. The van der Waals surface area contributed by atoms with E-state index in [9.17, 15) is 4.79 Å². The summed E-state index contributed by atoms with van der Waals surface area (Å²) in [7, 11) is 4.50. The first-order chi connectivity index (χ1) is 13.1. The maximum atomic E-state index is 12.4. The minimum Gasteiger partial charge on any atom is -0.496 e. The van der Waals surface area contributed by atoms with Crippen molar-refractivity contribution in [1.82, 2.24) is 4.98 Å². The van der Waals surface area contributed by atoms with Crippen LogP contribution in [-0.4, -0.2) is 32.3 Å². The fourth-order valence-corrected chi connectivity index (χ4v) is 2.93. The Morgan fingerprint density at radius 3 is 2.22 bits per heavy atom. The van der Waals surface area contributed by atoms with Crippen LogP contribution in [0.3, 0.4) is 0 Å². The molecule has 0 aliphatic carbocycles. The van der Waals surface area contributed by atoms with Gasteiger partial charge in [-0.15, -0.1) is 0 Å². The summed E-state index contributed by atoms with van der Waals surface area (Å²) in [5.41, 5.74) is 2.55. The normalized spacial score (nSPS) is 10.5. The number of aromatic nitrogens is 1. The summed E-state index contributed by atoms with van der Waals surface area (Å²) in [5.74, 6) is 1.34. The Balaban J connectivity index is 2.00. The van der Waals surface area contributed by atoms with Gasteiger partial charge in [0.25, 0.3) is 0 Å². The molecule has 0 amide bonds. The Morgan fingerprint density at radius 1 is 0.963 bits per heavy atom. The molecule has 2 aromatic carbocycles. The van der Waals surface area contributed by atoms with E-state index in [2.05, 4.69) is 4.98 Å². The molecule has 1 aromatic heterocycles. The number of esters is 1. The number of para-hydroxylation sites is 1. The van der Waals surface area contributed by atoms with E-state index in [0.29, 0.717) is 28.5 Å². The predicted molar refractivity (Wildman–Crippen MR) is 102 cm³/mol. The Hall–Kier alpha value is -3.28. The highest BCUT2D eigenvalue weighted by molar-refractivity contribution is 5.98. The molecule has 0 atom stereocenters. The third-order valence-electron chi connectivity index (χ3n) is 4.32. The topological polar surface area (TPSA) is 66.9 Å². The number of nitrogens with zero attached hydrogens (tertiary/aromatic N) is 1. The van der Waals surface area contributed by atoms with Crippen LogP contribution in [0.2, 0.25) is 0 Å². The van der Waals surface area contributed by atoms with Crippen LogP contribution in [0, 0.1) is 6.92 Å². The van der Waals surface area contributed by atoms with E-state index in [1.165, 1.54) is 7.11 Å². The largest absolute Gasteiger partial charge is 0.496 e. The van der Waals surface area contributed by atoms with Crippen LogP contribution in [0.4, 0.5) is 0 Å². The number of aryl methyl sites for hydroxylation is 1. The summed E-state index contributed by atoms with van der Waals surface area (Å²) in [6.45, 7) is 1.99. The van der Waals surface area contributed by atoms with Crippen molar-refractivity contribution in [2.24, 2.45) is 0 Å². The third kappa shape index (κ3) is 3.79. The number of benzene rings is 2. The first kappa shape index (κ1) is 18.5. The van der Waals surface area contributed by atoms with Gasteiger partial charge in [-0.2, -0.15) is 0 Å². The Morgan fingerprint density at radius 2 is 1.59 bits per heavy atom. The van der Waals surface area contributed by atoms with Gasteiger partial charge in [-0.05, 0) is 18.6 Å². The molecule has 0 unspecified atom stereocenters. The molecular formula is C21H21NO5. The minimum absolute atomic E-state index is 0.104. The quantitative estimate of drug-likeness (QED) is 0.615. The van der Waals surface area contributed by atoms with E-state index >= 15 is 0 Å². The summed E-state index contributed by atoms with van der Waals surface area (Å²) in [6.07, 6.45) is 0. The third-order valence-corrected chi connectivity index (χ3v) is 4.32. The number of hydrogen-bond acceptors (Lipinski definition) is 6. The predicted octanol–water partition coefficient (Wildman–Crippen LogP) is 3.93. The van der Waals surface area contributed by atoms with Gasteiger partial charge < -0.3 is 18.9 Å². The summed E-state index contributed by atoms with van der Waals surface area (Å²) < 4.78 is 21.4. The number of hydrogen-bond donors (Lipinski definition) is 0. The van der Waals surface area contributed by atoms with Gasteiger partial charge in [0, 0.05) is 23.6 Å². The van der Waals surface area contributed by atoms with Crippen LogP contribution in [0.25, 0.3) is 10.9 Å². The van der Waals surface area contributed by atoms with Crippen molar-refractivity contribution in [2.75, 3.05) is 21.3 Å². The monoisotopic (exact) mass is 367 g/mol. The smallest absolute Gasteiger partial charge is 0.340 e. The van der Waals surface area contributed by atoms with E-state index in [0.717, 1.165) is 16.5 Å². The zero-order valence-corrected chi connectivity index (χ0v) is 15.7. The molecule has 0 aliphatic heterocycles. The summed E-state index contributed by atoms with van der Waals surface area (Å²) in [6, 6.07) is 12.9. The van der Waals surface area contributed by atoms with Gasteiger partial charge in [0.05, 0.1) is 38.1 Å². The highest BCUT2D eigenvalue weighted by atomic mass is 16.5. The zero-order valence-electron chi connectivity index (χ0n) is 15.7. The molecule has 6 heteroatoms. The van der Waals surface area contributed by atoms with Crippen molar-refractivity contribution in [3.8, 4) is 17.2 Å². The van der Waals surface area contributed by atoms with Crippen molar-refractivity contribution in [1.29, 1.82) is 0 Å². The average molecular weight is 367 g/mol. The summed E-state index contributed by atoms with van der Waals surface area (Å²) >= 11 is 0. The molecule has 6 nitrogen and oxygen atoms in total. The first-order valence-electron chi connectivity index (χ1n) is 8.39. The molecule has 0 fully saturated rings. The molecule has 1 heterocycles. The molecule has 0 aliphatic rings. The number of pyridine rings is 1. The molecule has 0 radical (unpaired) electrons. The minimum atomic E-state index is -0.437. The molecule has 27 heavy (non-hydrogen) atoms. The molecular weight excluding hydrogens is 346 g/mol. The van der Waals surface area contributed by atoms with Crippen molar-refractivity contribution < 1.29 is 23.7 Å². The number of carbonyl (C=O) groups is 1. The number of rotatable bonds is 6.